The number of aromatic amines is 1. The van der Waals surface area contributed by atoms with Crippen molar-refractivity contribution >= 4 is 17.4 Å². The largest absolute Gasteiger partial charge is 0.333 e. The normalized spacial score (nSPS) is 11.1. The molecule has 0 amide bonds. The van der Waals surface area contributed by atoms with E-state index in [4.69, 9.17) is 0 Å². The highest BCUT2D eigenvalue weighted by molar-refractivity contribution is 7.98. The van der Waals surface area contributed by atoms with E-state index < -0.39 is 0 Å². The number of thioether (sulfide) groups is 1. The summed E-state index contributed by atoms with van der Waals surface area (Å²) >= 11 is 1.66. The lowest BCUT2D eigenvalue weighted by Crippen LogP contribution is -1.82. The molecule has 0 radical (unpaired) electrons. The molecule has 4 nitrogen and oxygen atoms in total. The van der Waals surface area contributed by atoms with Gasteiger partial charge in [0.2, 0.25) is 0 Å². The van der Waals surface area contributed by atoms with Gasteiger partial charge in [0.1, 0.15) is 5.65 Å². The van der Waals surface area contributed by atoms with Gasteiger partial charge in [-0.1, -0.05) is 48.2 Å². The summed E-state index contributed by atoms with van der Waals surface area (Å²) in [4.78, 5) is 12.4. The first-order chi connectivity index (χ1) is 10.9. The Morgan fingerprint density at radius 1 is 1.05 bits per heavy atom. The fraction of sp³-hybridized carbons (Fsp3) is 0.0588. The minimum absolute atomic E-state index is 0.795. The molecule has 0 saturated carbocycles. The first-order valence-electron chi connectivity index (χ1n) is 7.04. The summed E-state index contributed by atoms with van der Waals surface area (Å²) in [6.07, 6.45) is 5.95. The number of imidazole rings is 2. The van der Waals surface area contributed by atoms with Crippen molar-refractivity contribution < 1.29 is 0 Å². The van der Waals surface area contributed by atoms with Gasteiger partial charge in [-0.3, -0.25) is 0 Å². The lowest BCUT2D eigenvalue weighted by Gasteiger charge is -1.96. The fourth-order valence-corrected chi connectivity index (χ4v) is 3.07. The number of nitrogens with one attached hydrogen (secondary N) is 1. The number of nitrogens with zero attached hydrogens (tertiary/aromatic N) is 3. The predicted octanol–water partition coefficient (Wildman–Crippen LogP) is 4.02. The molecule has 5 heteroatoms. The summed E-state index contributed by atoms with van der Waals surface area (Å²) in [7, 11) is 0. The number of rotatable bonds is 4. The maximum atomic E-state index is 4.59. The van der Waals surface area contributed by atoms with Crippen LogP contribution in [0.5, 0.6) is 0 Å². The van der Waals surface area contributed by atoms with Gasteiger partial charge in [-0.15, -0.1) is 0 Å². The summed E-state index contributed by atoms with van der Waals surface area (Å²) in [5.74, 6) is 0.795. The molecular formula is C17H14N4S. The standard InChI is InChI=1S/C17H14N4S/c1-2-6-13(7-3-1)15-10-18-17(20-15)22-12-14-11-21-9-5-4-8-16(21)19-14/h1-11H,12H2,(H,18,20). The molecule has 0 unspecified atom stereocenters. The van der Waals surface area contributed by atoms with Gasteiger partial charge in [0, 0.05) is 18.1 Å². The monoisotopic (exact) mass is 306 g/mol. The van der Waals surface area contributed by atoms with Crippen LogP contribution in [0.1, 0.15) is 5.69 Å². The predicted molar refractivity (Wildman–Crippen MR) is 88.8 cm³/mol. The Labute approximate surface area is 132 Å². The van der Waals surface area contributed by atoms with Gasteiger partial charge in [0.15, 0.2) is 5.16 Å². The zero-order chi connectivity index (χ0) is 14.8. The molecule has 0 aliphatic rings. The second-order valence-corrected chi connectivity index (χ2v) is 5.92. The summed E-state index contributed by atoms with van der Waals surface area (Å²) in [6, 6.07) is 16.2. The third kappa shape index (κ3) is 2.63. The van der Waals surface area contributed by atoms with Gasteiger partial charge < -0.3 is 9.38 Å². The van der Waals surface area contributed by atoms with E-state index in [2.05, 4.69) is 33.3 Å². The van der Waals surface area contributed by atoms with Gasteiger partial charge in [0.25, 0.3) is 0 Å². The molecule has 1 aromatic carbocycles. The Bertz CT molecular complexity index is 862. The molecule has 22 heavy (non-hydrogen) atoms. The minimum atomic E-state index is 0.795. The van der Waals surface area contributed by atoms with Crippen LogP contribution in [0.2, 0.25) is 0 Å². The Hall–Kier alpha value is -2.53. The molecule has 0 bridgehead atoms. The minimum Gasteiger partial charge on any atom is -0.333 e. The Balaban J connectivity index is 1.49. The molecule has 0 saturated heterocycles. The van der Waals surface area contributed by atoms with Crippen LogP contribution < -0.4 is 0 Å². The van der Waals surface area contributed by atoms with Crippen LogP contribution in [-0.2, 0) is 5.75 Å². The van der Waals surface area contributed by atoms with E-state index in [1.807, 2.05) is 53.2 Å². The second kappa shape index (κ2) is 5.69. The second-order valence-electron chi connectivity index (χ2n) is 4.96. The molecule has 0 atom stereocenters. The molecule has 3 aromatic heterocycles. The maximum absolute atomic E-state index is 4.59. The summed E-state index contributed by atoms with van der Waals surface area (Å²) in [5.41, 5.74) is 4.21. The molecular weight excluding hydrogens is 292 g/mol. The van der Waals surface area contributed by atoms with Crippen LogP contribution in [-0.4, -0.2) is 19.4 Å². The highest BCUT2D eigenvalue weighted by Gasteiger charge is 2.06. The molecule has 4 rings (SSSR count). The zero-order valence-corrected chi connectivity index (χ0v) is 12.6. The van der Waals surface area contributed by atoms with E-state index in [1.54, 1.807) is 11.8 Å². The average molecular weight is 306 g/mol. The van der Waals surface area contributed by atoms with E-state index in [0.29, 0.717) is 0 Å². The first-order valence-corrected chi connectivity index (χ1v) is 8.03. The number of H-pyrrole nitrogens is 1. The number of hydrogen-bond donors (Lipinski definition) is 1. The van der Waals surface area contributed by atoms with Crippen molar-refractivity contribution in [2.45, 2.75) is 10.9 Å². The number of aromatic nitrogens is 4. The van der Waals surface area contributed by atoms with Crippen LogP contribution in [0.3, 0.4) is 0 Å². The highest BCUT2D eigenvalue weighted by atomic mass is 32.2. The van der Waals surface area contributed by atoms with Gasteiger partial charge in [-0.25, -0.2) is 9.97 Å². The van der Waals surface area contributed by atoms with E-state index in [0.717, 1.165) is 33.5 Å². The van der Waals surface area contributed by atoms with Crippen molar-refractivity contribution in [3.8, 4) is 11.3 Å². The Morgan fingerprint density at radius 2 is 1.91 bits per heavy atom. The lowest BCUT2D eigenvalue weighted by atomic mass is 10.2. The summed E-state index contributed by atoms with van der Waals surface area (Å²) in [5, 5.41) is 0.913. The molecule has 3 heterocycles. The van der Waals surface area contributed by atoms with Crippen molar-refractivity contribution in [2.24, 2.45) is 0 Å². The topological polar surface area (TPSA) is 46.0 Å². The van der Waals surface area contributed by atoms with E-state index in [-0.39, 0.29) is 0 Å². The smallest absolute Gasteiger partial charge is 0.166 e. The number of benzene rings is 1. The summed E-state index contributed by atoms with van der Waals surface area (Å²) in [6.45, 7) is 0. The summed E-state index contributed by atoms with van der Waals surface area (Å²) < 4.78 is 2.04. The van der Waals surface area contributed by atoms with Crippen molar-refractivity contribution in [2.75, 3.05) is 0 Å². The Kier molecular flexibility index (Phi) is 3.40. The van der Waals surface area contributed by atoms with Crippen LogP contribution in [0, 0.1) is 0 Å². The fourth-order valence-electron chi connectivity index (χ4n) is 2.34. The van der Waals surface area contributed by atoms with Crippen molar-refractivity contribution in [1.29, 1.82) is 0 Å². The third-order valence-electron chi connectivity index (χ3n) is 3.41. The maximum Gasteiger partial charge on any atom is 0.166 e. The van der Waals surface area contributed by atoms with Crippen molar-refractivity contribution in [3.63, 3.8) is 0 Å². The molecule has 0 spiro atoms. The Morgan fingerprint density at radius 3 is 2.77 bits per heavy atom. The highest BCUT2D eigenvalue weighted by Crippen LogP contribution is 2.23. The molecule has 1 N–H and O–H groups in total. The molecule has 0 fully saturated rings. The molecule has 108 valence electrons. The van der Waals surface area contributed by atoms with E-state index in [9.17, 15) is 0 Å². The quantitative estimate of drug-likeness (QED) is 0.579. The first kappa shape index (κ1) is 13.2. The lowest BCUT2D eigenvalue weighted by molar-refractivity contribution is 1.06. The van der Waals surface area contributed by atoms with Gasteiger partial charge in [0.05, 0.1) is 17.6 Å². The number of fused-ring (bicyclic) bond motifs is 1. The van der Waals surface area contributed by atoms with Crippen LogP contribution in [0.25, 0.3) is 16.9 Å². The van der Waals surface area contributed by atoms with Crippen LogP contribution in [0.4, 0.5) is 0 Å². The third-order valence-corrected chi connectivity index (χ3v) is 4.33. The van der Waals surface area contributed by atoms with Crippen molar-refractivity contribution in [3.05, 3.63) is 72.8 Å². The van der Waals surface area contributed by atoms with Gasteiger partial charge >= 0.3 is 0 Å². The van der Waals surface area contributed by atoms with Crippen molar-refractivity contribution in [1.82, 2.24) is 19.4 Å². The van der Waals surface area contributed by atoms with E-state index in [1.165, 1.54) is 0 Å². The number of hydrogen-bond acceptors (Lipinski definition) is 3. The average Bonchev–Trinajstić information content (AvgIpc) is 3.20. The zero-order valence-electron chi connectivity index (χ0n) is 11.8. The molecule has 0 aliphatic heterocycles. The van der Waals surface area contributed by atoms with Crippen LogP contribution >= 0.6 is 11.8 Å². The van der Waals surface area contributed by atoms with Crippen LogP contribution in [0.15, 0.2) is 72.3 Å². The number of pyridine rings is 1. The SMILES string of the molecule is c1ccc(-c2cnc(SCc3cn4ccccc4n3)[nH]2)cc1. The van der Waals surface area contributed by atoms with Gasteiger partial charge in [-0.2, -0.15) is 0 Å². The van der Waals surface area contributed by atoms with E-state index >= 15 is 0 Å². The molecule has 4 aromatic rings. The van der Waals surface area contributed by atoms with Gasteiger partial charge in [-0.05, 0) is 17.7 Å². The molecule has 0 aliphatic carbocycles.